The fraction of sp³-hybridized carbons (Fsp3) is 0.800. The van der Waals surface area contributed by atoms with Crippen molar-refractivity contribution in [1.29, 1.82) is 0 Å². The Kier molecular flexibility index (Phi) is 7.72. The minimum Gasteiger partial charge on any atom is -0.464 e. The molecule has 0 rings (SSSR count). The highest BCUT2D eigenvalue weighted by atomic mass is 127. The highest BCUT2D eigenvalue weighted by Crippen LogP contribution is 2.12. The molecule has 0 aliphatic heterocycles. The van der Waals surface area contributed by atoms with Gasteiger partial charge < -0.3 is 10.1 Å². The second-order valence-electron chi connectivity index (χ2n) is 3.90. The SMILES string of the molecule is CC(C)CC(C)C(=O)OCCNC(=O)I. The average molecular weight is 327 g/mol. The maximum Gasteiger partial charge on any atom is 0.308 e. The second-order valence-corrected chi connectivity index (χ2v) is 4.88. The van der Waals surface area contributed by atoms with Crippen molar-refractivity contribution >= 4 is 32.5 Å². The van der Waals surface area contributed by atoms with Crippen molar-refractivity contribution in [3.05, 3.63) is 0 Å². The molecule has 0 spiro atoms. The second kappa shape index (κ2) is 7.90. The zero-order chi connectivity index (χ0) is 11.8. The van der Waals surface area contributed by atoms with Crippen molar-refractivity contribution in [3.63, 3.8) is 0 Å². The van der Waals surface area contributed by atoms with Crippen LogP contribution in [0.15, 0.2) is 0 Å². The first-order chi connectivity index (χ1) is 6.93. The summed E-state index contributed by atoms with van der Waals surface area (Å²) in [6.45, 7) is 6.62. The van der Waals surface area contributed by atoms with E-state index in [0.717, 1.165) is 6.42 Å². The lowest BCUT2D eigenvalue weighted by molar-refractivity contribution is -0.148. The Morgan fingerprint density at radius 2 is 1.93 bits per heavy atom. The highest BCUT2D eigenvalue weighted by Gasteiger charge is 2.15. The smallest absolute Gasteiger partial charge is 0.308 e. The quantitative estimate of drug-likeness (QED) is 0.268. The van der Waals surface area contributed by atoms with Crippen molar-refractivity contribution in [2.45, 2.75) is 27.2 Å². The van der Waals surface area contributed by atoms with Crippen molar-refractivity contribution in [3.8, 4) is 0 Å². The van der Waals surface area contributed by atoms with Gasteiger partial charge in [0, 0.05) is 22.6 Å². The third-order valence-corrected chi connectivity index (χ3v) is 2.22. The van der Waals surface area contributed by atoms with Crippen LogP contribution in [0.1, 0.15) is 27.2 Å². The molecule has 0 radical (unpaired) electrons. The summed E-state index contributed by atoms with van der Waals surface area (Å²) in [6.07, 6.45) is 0.831. The van der Waals surface area contributed by atoms with Crippen molar-refractivity contribution in [1.82, 2.24) is 5.32 Å². The molecule has 15 heavy (non-hydrogen) atoms. The summed E-state index contributed by atoms with van der Waals surface area (Å²) >= 11 is 1.64. The predicted octanol–water partition coefficient (Wildman–Crippen LogP) is 2.36. The van der Waals surface area contributed by atoms with E-state index in [-0.39, 0.29) is 22.4 Å². The molecule has 1 N–H and O–H groups in total. The Labute approximate surface area is 104 Å². The standard InChI is InChI=1S/C10H18INO3/c1-7(2)6-8(3)9(13)15-5-4-12-10(11)14/h7-8H,4-6H2,1-3H3,(H,12,14). The molecule has 1 atom stereocenters. The molecular formula is C10H18INO3. The van der Waals surface area contributed by atoms with E-state index in [1.807, 2.05) is 6.92 Å². The first-order valence-electron chi connectivity index (χ1n) is 5.03. The van der Waals surface area contributed by atoms with Gasteiger partial charge in [0.25, 0.3) is 3.91 Å². The molecule has 1 unspecified atom stereocenters. The summed E-state index contributed by atoms with van der Waals surface area (Å²) in [6, 6.07) is 0. The van der Waals surface area contributed by atoms with Crippen LogP contribution in [0, 0.1) is 11.8 Å². The monoisotopic (exact) mass is 327 g/mol. The molecule has 0 aromatic rings. The van der Waals surface area contributed by atoms with E-state index >= 15 is 0 Å². The molecule has 0 saturated heterocycles. The maximum absolute atomic E-state index is 11.4. The third kappa shape index (κ3) is 8.65. The summed E-state index contributed by atoms with van der Waals surface area (Å²) < 4.78 is 4.86. The number of nitrogens with one attached hydrogen (secondary N) is 1. The van der Waals surface area contributed by atoms with Crippen molar-refractivity contribution in [2.75, 3.05) is 13.2 Å². The number of ether oxygens (including phenoxy) is 1. The zero-order valence-electron chi connectivity index (χ0n) is 9.38. The number of carbonyl (C=O) groups excluding carboxylic acids is 2. The first-order valence-corrected chi connectivity index (χ1v) is 6.11. The topological polar surface area (TPSA) is 55.4 Å². The molecule has 0 heterocycles. The van der Waals surface area contributed by atoms with Crippen LogP contribution in [-0.4, -0.2) is 23.0 Å². The predicted molar refractivity (Wildman–Crippen MR) is 67.0 cm³/mol. The number of carbonyl (C=O) groups is 2. The highest BCUT2D eigenvalue weighted by molar-refractivity contribution is 14.1. The van der Waals surface area contributed by atoms with Crippen LogP contribution in [-0.2, 0) is 9.53 Å². The molecule has 0 bridgehead atoms. The minimum atomic E-state index is -0.189. The van der Waals surface area contributed by atoms with Gasteiger partial charge in [-0.15, -0.1) is 0 Å². The van der Waals surface area contributed by atoms with E-state index < -0.39 is 0 Å². The minimum absolute atomic E-state index is 0.0692. The molecule has 0 fully saturated rings. The van der Waals surface area contributed by atoms with Crippen LogP contribution < -0.4 is 5.32 Å². The average Bonchev–Trinajstić information content (AvgIpc) is 2.10. The summed E-state index contributed by atoms with van der Waals surface area (Å²) in [7, 11) is 0. The molecule has 1 amide bonds. The molecule has 4 nitrogen and oxygen atoms in total. The lowest BCUT2D eigenvalue weighted by atomic mass is 9.99. The molecule has 88 valence electrons. The van der Waals surface area contributed by atoms with Crippen LogP contribution in [0.5, 0.6) is 0 Å². The van der Waals surface area contributed by atoms with Crippen molar-refractivity contribution in [2.24, 2.45) is 11.8 Å². The van der Waals surface area contributed by atoms with Gasteiger partial charge in [-0.2, -0.15) is 0 Å². The number of esters is 1. The zero-order valence-corrected chi connectivity index (χ0v) is 11.5. The van der Waals surface area contributed by atoms with E-state index in [1.54, 1.807) is 22.6 Å². The summed E-state index contributed by atoms with van der Waals surface area (Å²) in [5.74, 6) is 0.230. The van der Waals surface area contributed by atoms with Crippen LogP contribution in [0.3, 0.4) is 0 Å². The van der Waals surface area contributed by atoms with Gasteiger partial charge in [0.05, 0.1) is 12.5 Å². The van der Waals surface area contributed by atoms with Crippen LogP contribution in [0.4, 0.5) is 4.79 Å². The van der Waals surface area contributed by atoms with E-state index in [4.69, 9.17) is 4.74 Å². The number of hydrogen-bond acceptors (Lipinski definition) is 3. The third-order valence-electron chi connectivity index (χ3n) is 1.84. The summed E-state index contributed by atoms with van der Waals surface area (Å²) in [4.78, 5) is 21.9. The van der Waals surface area contributed by atoms with Gasteiger partial charge in [-0.05, 0) is 12.3 Å². The van der Waals surface area contributed by atoms with Crippen LogP contribution in [0.25, 0.3) is 0 Å². The number of amides is 1. The molecule has 0 aromatic heterocycles. The van der Waals surface area contributed by atoms with Gasteiger partial charge in [0.15, 0.2) is 0 Å². The first kappa shape index (κ1) is 14.7. The largest absolute Gasteiger partial charge is 0.464 e. The molecule has 0 aliphatic carbocycles. The Hall–Kier alpha value is -0.330. The molecule has 0 aromatic carbocycles. The molecule has 0 aliphatic rings. The summed E-state index contributed by atoms with van der Waals surface area (Å²) in [5.41, 5.74) is 0. The molecule has 5 heteroatoms. The Bertz CT molecular complexity index is 219. The lowest BCUT2D eigenvalue weighted by Gasteiger charge is -2.13. The fourth-order valence-electron chi connectivity index (χ4n) is 1.25. The van der Waals surface area contributed by atoms with Gasteiger partial charge >= 0.3 is 5.97 Å². The van der Waals surface area contributed by atoms with Gasteiger partial charge in [-0.1, -0.05) is 20.8 Å². The van der Waals surface area contributed by atoms with E-state index in [9.17, 15) is 9.59 Å². The Morgan fingerprint density at radius 1 is 1.33 bits per heavy atom. The number of hydrogen-bond donors (Lipinski definition) is 1. The Morgan fingerprint density at radius 3 is 2.40 bits per heavy atom. The number of rotatable bonds is 6. The normalized spacial score (nSPS) is 12.3. The van der Waals surface area contributed by atoms with E-state index in [1.165, 1.54) is 0 Å². The molecule has 0 saturated carbocycles. The molecular weight excluding hydrogens is 309 g/mol. The Balaban J connectivity index is 3.60. The van der Waals surface area contributed by atoms with Crippen LogP contribution in [0.2, 0.25) is 0 Å². The van der Waals surface area contributed by atoms with Gasteiger partial charge in [-0.25, -0.2) is 0 Å². The lowest BCUT2D eigenvalue weighted by Crippen LogP contribution is -2.25. The van der Waals surface area contributed by atoms with Crippen LogP contribution >= 0.6 is 22.6 Å². The van der Waals surface area contributed by atoms with Gasteiger partial charge in [-0.3, -0.25) is 9.59 Å². The van der Waals surface area contributed by atoms with E-state index in [0.29, 0.717) is 12.5 Å². The fourth-order valence-corrected chi connectivity index (χ4v) is 1.52. The number of halogens is 1. The summed E-state index contributed by atoms with van der Waals surface area (Å²) in [5, 5.41) is 2.55. The van der Waals surface area contributed by atoms with Gasteiger partial charge in [0.1, 0.15) is 6.61 Å². The van der Waals surface area contributed by atoms with Gasteiger partial charge in [0.2, 0.25) is 0 Å². The maximum atomic E-state index is 11.4. The van der Waals surface area contributed by atoms with E-state index in [2.05, 4.69) is 19.2 Å². The van der Waals surface area contributed by atoms with Crippen molar-refractivity contribution < 1.29 is 14.3 Å².